The second-order valence-corrected chi connectivity index (χ2v) is 6.46. The number of halogens is 2. The monoisotopic (exact) mass is 446 g/mol. The molecule has 0 aromatic heterocycles. The Hall–Kier alpha value is -1.84. The van der Waals surface area contributed by atoms with Crippen LogP contribution in [0.25, 0.3) is 0 Å². The van der Waals surface area contributed by atoms with Crippen molar-refractivity contribution in [3.8, 4) is 0 Å². The molecule has 1 saturated carbocycles. The quantitative estimate of drug-likeness (QED) is 0.140. The Bertz CT molecular complexity index is 528. The molecule has 1 rings (SSSR count). The smallest absolute Gasteiger partial charge is 0.340 e. The molecule has 0 aromatic rings. The van der Waals surface area contributed by atoms with Crippen LogP contribution in [-0.2, 0) is 0 Å². The average molecular weight is 447 g/mol. The molecule has 4 amide bonds. The summed E-state index contributed by atoms with van der Waals surface area (Å²) in [5.41, 5.74) is 0. The summed E-state index contributed by atoms with van der Waals surface area (Å²) in [4.78, 5) is 45.4. The first kappa shape index (κ1) is 24.2. The van der Waals surface area contributed by atoms with Gasteiger partial charge in [-0.15, -0.1) is 33.0 Å². The summed E-state index contributed by atoms with van der Waals surface area (Å²) in [5, 5.41) is 50.2. The molecule has 0 spiro atoms. The number of nitrogens with one attached hydrogen (secondary N) is 2. The third kappa shape index (κ3) is 5.59. The molecular formula is C12H20Cl2N6O8. The molecular weight excluding hydrogens is 427 g/mol. The molecule has 14 nitrogen and oxygen atoms in total. The molecule has 0 bridgehead atoms. The number of nitrogens with zero attached hydrogens (tertiary/aromatic N) is 4. The van der Waals surface area contributed by atoms with E-state index in [0.717, 1.165) is 0 Å². The molecule has 0 aromatic carbocycles. The highest BCUT2D eigenvalue weighted by atomic mass is 35.5. The number of rotatable bonds is 8. The van der Waals surface area contributed by atoms with Gasteiger partial charge in [-0.1, -0.05) is 0 Å². The van der Waals surface area contributed by atoms with Crippen LogP contribution in [0.1, 0.15) is 0 Å². The minimum absolute atomic E-state index is 0.135. The molecule has 0 aliphatic heterocycles. The minimum Gasteiger partial charge on any atom is -0.389 e. The van der Waals surface area contributed by atoms with Crippen LogP contribution in [0, 0.1) is 9.81 Å². The molecule has 6 N–H and O–H groups in total. The maximum absolute atomic E-state index is 12.0. The van der Waals surface area contributed by atoms with E-state index in [9.17, 15) is 39.8 Å². The van der Waals surface area contributed by atoms with Gasteiger partial charge < -0.3 is 31.1 Å². The van der Waals surface area contributed by atoms with E-state index in [0.29, 0.717) is 10.0 Å². The molecule has 28 heavy (non-hydrogen) atoms. The SMILES string of the molecule is O=NN(CCCl)C(=O)N[C@@H]1C(O)[C@H](NC(=O)N(CCCl)N=O)[C@@H](O)C(O)[C@H]1O. The molecule has 0 radical (unpaired) electrons. The van der Waals surface area contributed by atoms with E-state index in [2.05, 4.69) is 21.2 Å². The van der Waals surface area contributed by atoms with Crippen molar-refractivity contribution in [2.24, 2.45) is 10.6 Å². The molecule has 1 aliphatic carbocycles. The van der Waals surface area contributed by atoms with Gasteiger partial charge in [-0.05, 0) is 0 Å². The number of urea groups is 2. The summed E-state index contributed by atoms with van der Waals surface area (Å²) >= 11 is 10.8. The summed E-state index contributed by atoms with van der Waals surface area (Å²) in [6, 6.07) is -5.54. The Kier molecular flexibility index (Phi) is 9.71. The molecule has 0 saturated heterocycles. The zero-order chi connectivity index (χ0) is 21.4. The average Bonchev–Trinajstić information content (AvgIpc) is 2.68. The van der Waals surface area contributed by atoms with Crippen LogP contribution in [0.2, 0.25) is 0 Å². The summed E-state index contributed by atoms with van der Waals surface area (Å²) in [6.07, 6.45) is -7.48. The van der Waals surface area contributed by atoms with Gasteiger partial charge in [0.25, 0.3) is 0 Å². The minimum atomic E-state index is -1.91. The van der Waals surface area contributed by atoms with Crippen LogP contribution in [0.15, 0.2) is 10.6 Å². The zero-order valence-corrected chi connectivity index (χ0v) is 15.8. The second kappa shape index (κ2) is 11.2. The fourth-order valence-electron chi connectivity index (χ4n) is 2.55. The standard InChI is InChI=1S/C12H20Cl2N6O8/c13-1-3-19(17-27)11(25)15-5-7(21)6(9(23)10(24)8(5)22)16-12(26)20(18-28)4-2-14/h5-10,21-24H,1-4H2,(H,15,25)(H,16,26)/t5-,6+,7?,8+,9-,10?. The van der Waals surface area contributed by atoms with Gasteiger partial charge in [-0.3, -0.25) is 0 Å². The Morgan fingerprint density at radius 2 is 1.11 bits per heavy atom. The van der Waals surface area contributed by atoms with E-state index < -0.39 is 48.6 Å². The summed E-state index contributed by atoms with van der Waals surface area (Å²) in [6.45, 7) is -0.556. The van der Waals surface area contributed by atoms with Gasteiger partial charge in [0.1, 0.15) is 18.3 Å². The number of hydrogen-bond acceptors (Lipinski definition) is 10. The van der Waals surface area contributed by atoms with Crippen LogP contribution < -0.4 is 10.6 Å². The molecule has 160 valence electrons. The number of aliphatic hydroxyl groups excluding tert-OH is 4. The van der Waals surface area contributed by atoms with Crippen molar-refractivity contribution in [3.63, 3.8) is 0 Å². The topological polar surface area (TPSA) is 204 Å². The van der Waals surface area contributed by atoms with Crippen molar-refractivity contribution in [1.82, 2.24) is 20.7 Å². The Morgan fingerprint density at radius 1 is 0.750 bits per heavy atom. The van der Waals surface area contributed by atoms with Crippen LogP contribution >= 0.6 is 23.2 Å². The van der Waals surface area contributed by atoms with Gasteiger partial charge in [0.05, 0.1) is 41.8 Å². The molecule has 1 aliphatic rings. The Labute approximate surface area is 168 Å². The lowest BCUT2D eigenvalue weighted by atomic mass is 9.81. The predicted octanol–water partition coefficient (Wildman–Crippen LogP) is -1.96. The van der Waals surface area contributed by atoms with Crippen LogP contribution in [0.4, 0.5) is 9.59 Å². The van der Waals surface area contributed by atoms with Gasteiger partial charge in [0, 0.05) is 11.8 Å². The number of hydrogen-bond donors (Lipinski definition) is 6. The second-order valence-electron chi connectivity index (χ2n) is 5.70. The van der Waals surface area contributed by atoms with Gasteiger partial charge in [0.2, 0.25) is 0 Å². The molecule has 2 unspecified atom stereocenters. The van der Waals surface area contributed by atoms with Crippen molar-refractivity contribution < 1.29 is 30.0 Å². The van der Waals surface area contributed by atoms with Gasteiger partial charge in [-0.2, -0.15) is 10.0 Å². The van der Waals surface area contributed by atoms with Crippen molar-refractivity contribution in [3.05, 3.63) is 9.81 Å². The van der Waals surface area contributed by atoms with E-state index in [1.54, 1.807) is 0 Å². The normalized spacial score (nSPS) is 29.5. The number of nitroso groups, excluding NO2 is 2. The lowest BCUT2D eigenvalue weighted by Gasteiger charge is -2.44. The summed E-state index contributed by atoms with van der Waals surface area (Å²) in [7, 11) is 0. The summed E-state index contributed by atoms with van der Waals surface area (Å²) in [5.74, 6) is -0.270. The predicted molar refractivity (Wildman–Crippen MR) is 95.1 cm³/mol. The zero-order valence-electron chi connectivity index (χ0n) is 14.3. The number of carbonyl (C=O) groups excluding carboxylic acids is 2. The van der Waals surface area contributed by atoms with E-state index in [4.69, 9.17) is 23.2 Å². The first-order valence-electron chi connectivity index (χ1n) is 7.90. The van der Waals surface area contributed by atoms with Gasteiger partial charge in [0.15, 0.2) is 0 Å². The van der Waals surface area contributed by atoms with Crippen LogP contribution in [0.3, 0.4) is 0 Å². The van der Waals surface area contributed by atoms with E-state index in [1.165, 1.54) is 0 Å². The van der Waals surface area contributed by atoms with Gasteiger partial charge >= 0.3 is 12.1 Å². The molecule has 16 heteroatoms. The first-order valence-corrected chi connectivity index (χ1v) is 8.97. The lowest BCUT2D eigenvalue weighted by Crippen LogP contribution is -2.72. The van der Waals surface area contributed by atoms with Crippen molar-refractivity contribution >= 4 is 35.3 Å². The largest absolute Gasteiger partial charge is 0.389 e. The van der Waals surface area contributed by atoms with Crippen molar-refractivity contribution in [2.45, 2.75) is 36.5 Å². The van der Waals surface area contributed by atoms with E-state index in [1.807, 2.05) is 0 Å². The third-order valence-electron chi connectivity index (χ3n) is 4.01. The number of amides is 4. The number of aliphatic hydroxyl groups is 4. The molecule has 1 fully saturated rings. The highest BCUT2D eigenvalue weighted by Crippen LogP contribution is 2.22. The molecule has 6 atom stereocenters. The highest BCUT2D eigenvalue weighted by molar-refractivity contribution is 6.18. The number of carbonyl (C=O) groups is 2. The maximum Gasteiger partial charge on any atom is 0.340 e. The van der Waals surface area contributed by atoms with E-state index >= 15 is 0 Å². The lowest BCUT2D eigenvalue weighted by molar-refractivity contribution is -0.146. The van der Waals surface area contributed by atoms with Gasteiger partial charge in [-0.25, -0.2) is 9.59 Å². The third-order valence-corrected chi connectivity index (χ3v) is 4.35. The van der Waals surface area contributed by atoms with Crippen LogP contribution in [-0.4, -0.2) is 104 Å². The summed E-state index contributed by atoms with van der Waals surface area (Å²) < 4.78 is 0. The highest BCUT2D eigenvalue weighted by Gasteiger charge is 2.50. The van der Waals surface area contributed by atoms with Crippen LogP contribution in [0.5, 0.6) is 0 Å². The van der Waals surface area contributed by atoms with Crippen molar-refractivity contribution in [1.29, 1.82) is 0 Å². The Morgan fingerprint density at radius 3 is 1.39 bits per heavy atom. The van der Waals surface area contributed by atoms with E-state index in [-0.39, 0.29) is 24.8 Å². The number of alkyl halides is 2. The maximum atomic E-state index is 12.0. The van der Waals surface area contributed by atoms with Crippen molar-refractivity contribution in [2.75, 3.05) is 24.8 Å². The first-order chi connectivity index (χ1) is 13.2. The molecule has 0 heterocycles. The fourth-order valence-corrected chi connectivity index (χ4v) is 2.87. The Balaban J connectivity index is 2.98. The fraction of sp³-hybridized carbons (Fsp3) is 0.833.